The number of hydrogen-bond acceptors (Lipinski definition) is 2. The fourth-order valence-corrected chi connectivity index (χ4v) is 2.82. The summed E-state index contributed by atoms with van der Waals surface area (Å²) in [5.74, 6) is 1.40. The minimum atomic E-state index is 0.397. The molecule has 0 amide bonds. The predicted molar refractivity (Wildman–Crippen MR) is 78.7 cm³/mol. The molecule has 104 valence electrons. The van der Waals surface area contributed by atoms with E-state index in [0.29, 0.717) is 17.4 Å². The SMILES string of the molecule is C/C=C\N=NC1CCC(C)(C)CCCC(C)C1C. The summed E-state index contributed by atoms with van der Waals surface area (Å²) in [5.41, 5.74) is 0.470. The summed E-state index contributed by atoms with van der Waals surface area (Å²) in [4.78, 5) is 0. The third-order valence-corrected chi connectivity index (χ3v) is 4.57. The molecular formula is C16H30N2. The van der Waals surface area contributed by atoms with Gasteiger partial charge in [-0.1, -0.05) is 46.6 Å². The third kappa shape index (κ3) is 4.91. The third-order valence-electron chi connectivity index (χ3n) is 4.57. The largest absolute Gasteiger partial charge is 0.186 e. The number of azo groups is 1. The number of nitrogens with zero attached hydrogens (tertiary/aromatic N) is 2. The van der Waals surface area contributed by atoms with Crippen molar-refractivity contribution in [3.63, 3.8) is 0 Å². The van der Waals surface area contributed by atoms with Gasteiger partial charge in [-0.2, -0.15) is 10.2 Å². The Morgan fingerprint density at radius 3 is 2.50 bits per heavy atom. The van der Waals surface area contributed by atoms with Crippen molar-refractivity contribution in [2.45, 2.75) is 72.8 Å². The molecule has 0 aromatic carbocycles. The van der Waals surface area contributed by atoms with E-state index in [1.54, 1.807) is 6.20 Å². The van der Waals surface area contributed by atoms with Crippen molar-refractivity contribution in [3.8, 4) is 0 Å². The van der Waals surface area contributed by atoms with E-state index < -0.39 is 0 Å². The number of allylic oxidation sites excluding steroid dienone is 1. The first-order chi connectivity index (χ1) is 8.46. The van der Waals surface area contributed by atoms with Crippen molar-refractivity contribution in [2.24, 2.45) is 27.5 Å². The van der Waals surface area contributed by atoms with Crippen LogP contribution in [0.3, 0.4) is 0 Å². The van der Waals surface area contributed by atoms with E-state index in [9.17, 15) is 0 Å². The van der Waals surface area contributed by atoms with Crippen molar-refractivity contribution in [1.82, 2.24) is 0 Å². The van der Waals surface area contributed by atoms with Gasteiger partial charge in [-0.3, -0.25) is 0 Å². The van der Waals surface area contributed by atoms with Crippen molar-refractivity contribution >= 4 is 0 Å². The first kappa shape index (κ1) is 15.4. The molecule has 2 heteroatoms. The maximum absolute atomic E-state index is 4.55. The minimum Gasteiger partial charge on any atom is -0.186 e. The van der Waals surface area contributed by atoms with Gasteiger partial charge in [-0.25, -0.2) is 0 Å². The lowest BCUT2D eigenvalue weighted by atomic mass is 9.82. The van der Waals surface area contributed by atoms with Crippen LogP contribution >= 0.6 is 0 Å². The molecule has 3 atom stereocenters. The van der Waals surface area contributed by atoms with Crippen LogP contribution in [0.25, 0.3) is 0 Å². The van der Waals surface area contributed by atoms with Gasteiger partial charge in [0.05, 0.1) is 6.04 Å². The average Bonchev–Trinajstić information content (AvgIpc) is 2.35. The molecule has 1 aliphatic rings. The molecule has 0 heterocycles. The van der Waals surface area contributed by atoms with Crippen LogP contribution in [0.5, 0.6) is 0 Å². The minimum absolute atomic E-state index is 0.397. The molecule has 1 saturated carbocycles. The maximum atomic E-state index is 4.55. The van der Waals surface area contributed by atoms with E-state index >= 15 is 0 Å². The van der Waals surface area contributed by atoms with Gasteiger partial charge < -0.3 is 0 Å². The second kappa shape index (κ2) is 7.06. The standard InChI is InChI=1S/C16H30N2/c1-6-12-17-18-15-9-11-16(4,5)10-7-8-13(2)14(15)3/h6,12-15H,7-11H2,1-5H3/b12-6-,18-17?. The van der Waals surface area contributed by atoms with Crippen LogP contribution in [-0.4, -0.2) is 6.04 Å². The fourth-order valence-electron chi connectivity index (χ4n) is 2.82. The van der Waals surface area contributed by atoms with Crippen LogP contribution < -0.4 is 0 Å². The molecule has 2 nitrogen and oxygen atoms in total. The highest BCUT2D eigenvalue weighted by atomic mass is 15.1. The van der Waals surface area contributed by atoms with Crippen LogP contribution in [-0.2, 0) is 0 Å². The summed E-state index contributed by atoms with van der Waals surface area (Å²) in [6, 6.07) is 0.397. The number of rotatable bonds is 2. The summed E-state index contributed by atoms with van der Waals surface area (Å²) in [6.45, 7) is 11.5. The molecule has 0 aromatic rings. The molecule has 3 unspecified atom stereocenters. The molecule has 18 heavy (non-hydrogen) atoms. The Morgan fingerprint density at radius 2 is 1.83 bits per heavy atom. The Bertz CT molecular complexity index is 291. The van der Waals surface area contributed by atoms with E-state index in [-0.39, 0.29) is 0 Å². The first-order valence-corrected chi connectivity index (χ1v) is 7.47. The Kier molecular flexibility index (Phi) is 6.04. The van der Waals surface area contributed by atoms with E-state index in [0.717, 1.165) is 5.92 Å². The molecule has 0 saturated heterocycles. The zero-order valence-corrected chi connectivity index (χ0v) is 12.8. The lowest BCUT2D eigenvalue weighted by Crippen LogP contribution is -2.22. The summed E-state index contributed by atoms with van der Waals surface area (Å²) in [5, 5.41) is 8.74. The fraction of sp³-hybridized carbons (Fsp3) is 0.875. The van der Waals surface area contributed by atoms with Crippen LogP contribution in [0.1, 0.15) is 66.7 Å². The number of hydrogen-bond donors (Lipinski definition) is 0. The highest BCUT2D eigenvalue weighted by Crippen LogP contribution is 2.36. The van der Waals surface area contributed by atoms with Gasteiger partial charge in [-0.05, 0) is 43.4 Å². The molecule has 1 fully saturated rings. The van der Waals surface area contributed by atoms with Crippen molar-refractivity contribution < 1.29 is 0 Å². The van der Waals surface area contributed by atoms with Crippen molar-refractivity contribution in [3.05, 3.63) is 12.3 Å². The monoisotopic (exact) mass is 250 g/mol. The lowest BCUT2D eigenvalue weighted by molar-refractivity contribution is 0.276. The van der Waals surface area contributed by atoms with Gasteiger partial charge in [0.25, 0.3) is 0 Å². The molecule has 0 N–H and O–H groups in total. The van der Waals surface area contributed by atoms with Crippen LogP contribution in [0.4, 0.5) is 0 Å². The van der Waals surface area contributed by atoms with Gasteiger partial charge in [0.2, 0.25) is 0 Å². The molecule has 1 rings (SSSR count). The quantitative estimate of drug-likeness (QED) is 0.570. The maximum Gasteiger partial charge on any atom is 0.0740 e. The molecule has 1 aliphatic carbocycles. The highest BCUT2D eigenvalue weighted by Gasteiger charge is 2.28. The summed E-state index contributed by atoms with van der Waals surface area (Å²) < 4.78 is 0. The van der Waals surface area contributed by atoms with Crippen LogP contribution in [0, 0.1) is 17.3 Å². The van der Waals surface area contributed by atoms with Crippen LogP contribution in [0.2, 0.25) is 0 Å². The van der Waals surface area contributed by atoms with Gasteiger partial charge >= 0.3 is 0 Å². The van der Waals surface area contributed by atoms with E-state index in [2.05, 4.69) is 37.9 Å². The Hall–Kier alpha value is -0.660. The average molecular weight is 250 g/mol. The van der Waals surface area contributed by atoms with E-state index in [4.69, 9.17) is 0 Å². The second-order valence-corrected chi connectivity index (χ2v) is 6.71. The molecule has 0 radical (unpaired) electrons. The van der Waals surface area contributed by atoms with E-state index in [1.807, 2.05) is 13.0 Å². The normalized spacial score (nSPS) is 34.4. The highest BCUT2D eigenvalue weighted by molar-refractivity contribution is 4.83. The van der Waals surface area contributed by atoms with Gasteiger partial charge in [0.1, 0.15) is 0 Å². The van der Waals surface area contributed by atoms with Crippen molar-refractivity contribution in [2.75, 3.05) is 0 Å². The Balaban J connectivity index is 2.75. The molecule has 0 spiro atoms. The van der Waals surface area contributed by atoms with Crippen LogP contribution in [0.15, 0.2) is 22.5 Å². The summed E-state index contributed by atoms with van der Waals surface area (Å²) in [7, 11) is 0. The molecule has 0 bridgehead atoms. The zero-order valence-electron chi connectivity index (χ0n) is 12.8. The topological polar surface area (TPSA) is 24.7 Å². The molecule has 0 aromatic heterocycles. The zero-order chi connectivity index (χ0) is 13.6. The van der Waals surface area contributed by atoms with Gasteiger partial charge in [0.15, 0.2) is 0 Å². The van der Waals surface area contributed by atoms with Gasteiger partial charge in [0, 0.05) is 6.20 Å². The second-order valence-electron chi connectivity index (χ2n) is 6.71. The van der Waals surface area contributed by atoms with E-state index in [1.165, 1.54) is 32.1 Å². The Labute approximate surface area is 113 Å². The van der Waals surface area contributed by atoms with Gasteiger partial charge in [-0.15, -0.1) is 0 Å². The summed E-state index contributed by atoms with van der Waals surface area (Å²) in [6.07, 6.45) is 10.2. The van der Waals surface area contributed by atoms with Crippen molar-refractivity contribution in [1.29, 1.82) is 0 Å². The smallest absolute Gasteiger partial charge is 0.0740 e. The summed E-state index contributed by atoms with van der Waals surface area (Å²) >= 11 is 0. The molecule has 0 aliphatic heterocycles. The lowest BCUT2D eigenvalue weighted by Gasteiger charge is -2.26. The predicted octanol–water partition coefficient (Wildman–Crippen LogP) is 5.60. The Morgan fingerprint density at radius 1 is 1.11 bits per heavy atom. The first-order valence-electron chi connectivity index (χ1n) is 7.47. The molecular weight excluding hydrogens is 220 g/mol.